The quantitative estimate of drug-likeness (QED) is 0.720. The van der Waals surface area contributed by atoms with Crippen LogP contribution >= 0.6 is 0 Å². The highest BCUT2D eigenvalue weighted by molar-refractivity contribution is 6.06. The summed E-state index contributed by atoms with van der Waals surface area (Å²) in [5.74, 6) is -1.52. The van der Waals surface area contributed by atoms with E-state index in [4.69, 9.17) is 14.6 Å². The van der Waals surface area contributed by atoms with Crippen molar-refractivity contribution >= 4 is 23.5 Å². The number of ether oxygens (including phenoxy) is 2. The minimum absolute atomic E-state index is 0.0725. The number of carboxylic acid groups (broad SMARTS) is 1. The third kappa shape index (κ3) is 5.10. The number of hydrogen-bond donors (Lipinski definition) is 3. The van der Waals surface area contributed by atoms with E-state index in [0.29, 0.717) is 5.75 Å². The molecule has 0 spiro atoms. The van der Waals surface area contributed by atoms with Gasteiger partial charge >= 0.3 is 5.97 Å². The van der Waals surface area contributed by atoms with E-state index >= 15 is 0 Å². The third-order valence-corrected chi connectivity index (χ3v) is 3.42. The highest BCUT2D eigenvalue weighted by Crippen LogP contribution is 2.34. The van der Waals surface area contributed by atoms with Crippen LogP contribution in [0.1, 0.15) is 38.1 Å². The fraction of sp³-hybridized carbons (Fsp3) is 0.471. The van der Waals surface area contributed by atoms with Crippen LogP contribution in [-0.2, 0) is 9.59 Å². The zero-order valence-electron chi connectivity index (χ0n) is 15.2. The molecule has 0 aromatic heterocycles. The Hall–Kier alpha value is -2.77. The number of aliphatic carboxylic acids is 1. The molecule has 0 bridgehead atoms. The van der Waals surface area contributed by atoms with Gasteiger partial charge in [0, 0.05) is 11.5 Å². The molecule has 0 radical (unpaired) electrons. The van der Waals surface area contributed by atoms with Crippen LogP contribution in [0, 0.1) is 5.41 Å². The number of carboxylic acids is 1. The molecule has 8 nitrogen and oxygen atoms in total. The van der Waals surface area contributed by atoms with Crippen molar-refractivity contribution in [2.24, 2.45) is 5.41 Å². The minimum Gasteiger partial charge on any atom is -0.493 e. The molecule has 0 unspecified atom stereocenters. The maximum atomic E-state index is 12.5. The lowest BCUT2D eigenvalue weighted by Crippen LogP contribution is -2.39. The van der Waals surface area contributed by atoms with Gasteiger partial charge in [-0.05, 0) is 13.0 Å². The van der Waals surface area contributed by atoms with E-state index in [1.807, 2.05) is 0 Å². The predicted molar refractivity (Wildman–Crippen MR) is 92.2 cm³/mol. The highest BCUT2D eigenvalue weighted by Gasteiger charge is 2.26. The summed E-state index contributed by atoms with van der Waals surface area (Å²) in [7, 11) is 2.84. The summed E-state index contributed by atoms with van der Waals surface area (Å²) in [6.45, 7) is 6.54. The number of carbonyl (C=O) groups is 3. The van der Waals surface area contributed by atoms with E-state index in [-0.39, 0.29) is 22.9 Å². The molecule has 0 saturated heterocycles. The van der Waals surface area contributed by atoms with Crippen molar-refractivity contribution in [3.63, 3.8) is 0 Å². The van der Waals surface area contributed by atoms with Crippen LogP contribution in [0.3, 0.4) is 0 Å². The molecule has 0 heterocycles. The van der Waals surface area contributed by atoms with Gasteiger partial charge in [-0.25, -0.2) is 0 Å². The van der Waals surface area contributed by atoms with Crippen molar-refractivity contribution in [1.29, 1.82) is 0 Å². The highest BCUT2D eigenvalue weighted by atomic mass is 16.5. The van der Waals surface area contributed by atoms with Gasteiger partial charge in [-0.15, -0.1) is 0 Å². The van der Waals surface area contributed by atoms with Crippen LogP contribution in [0.4, 0.5) is 5.69 Å². The molecule has 0 aliphatic carbocycles. The van der Waals surface area contributed by atoms with Crippen molar-refractivity contribution in [2.75, 3.05) is 19.5 Å². The number of rotatable bonds is 6. The summed E-state index contributed by atoms with van der Waals surface area (Å²) in [6.07, 6.45) is 0. The van der Waals surface area contributed by atoms with E-state index in [1.54, 1.807) is 20.8 Å². The number of anilines is 1. The standard InChI is InChI=1S/C17H24N2O6/c1-9(15(21)22)18-14(20)10-7-12(24-5)13(25-6)8-11(10)19-16(23)17(2,3)4/h7-9H,1-6H3,(H,18,20)(H,19,23)(H,21,22)/t9-/m0/s1. The lowest BCUT2D eigenvalue weighted by atomic mass is 9.95. The molecule has 1 atom stereocenters. The van der Waals surface area contributed by atoms with Gasteiger partial charge in [-0.2, -0.15) is 0 Å². The van der Waals surface area contributed by atoms with Crippen molar-refractivity contribution < 1.29 is 29.0 Å². The molecule has 2 amide bonds. The van der Waals surface area contributed by atoms with Crippen LogP contribution in [0.5, 0.6) is 11.5 Å². The smallest absolute Gasteiger partial charge is 0.325 e. The summed E-state index contributed by atoms with van der Waals surface area (Å²) in [6, 6.07) is 1.76. The van der Waals surface area contributed by atoms with Gasteiger partial charge in [0.05, 0.1) is 25.5 Å². The van der Waals surface area contributed by atoms with Gasteiger partial charge in [0.1, 0.15) is 6.04 Å². The first-order chi connectivity index (χ1) is 11.5. The average Bonchev–Trinajstić information content (AvgIpc) is 2.52. The summed E-state index contributed by atoms with van der Waals surface area (Å²) in [5, 5.41) is 14.0. The fourth-order valence-electron chi connectivity index (χ4n) is 1.82. The number of amides is 2. The Morgan fingerprint density at radius 2 is 1.60 bits per heavy atom. The van der Waals surface area contributed by atoms with Crippen LogP contribution < -0.4 is 20.1 Å². The van der Waals surface area contributed by atoms with Gasteiger partial charge in [-0.1, -0.05) is 20.8 Å². The van der Waals surface area contributed by atoms with E-state index in [0.717, 1.165) is 0 Å². The largest absolute Gasteiger partial charge is 0.493 e. The first kappa shape index (κ1) is 20.3. The van der Waals surface area contributed by atoms with Gasteiger partial charge in [-0.3, -0.25) is 14.4 Å². The van der Waals surface area contributed by atoms with Crippen molar-refractivity contribution in [1.82, 2.24) is 5.32 Å². The maximum Gasteiger partial charge on any atom is 0.325 e. The fourth-order valence-corrected chi connectivity index (χ4v) is 1.82. The summed E-state index contributed by atoms with van der Waals surface area (Å²) in [5.41, 5.74) is -0.411. The van der Waals surface area contributed by atoms with E-state index in [1.165, 1.54) is 33.3 Å². The lowest BCUT2D eigenvalue weighted by Gasteiger charge is -2.21. The first-order valence-corrected chi connectivity index (χ1v) is 7.62. The summed E-state index contributed by atoms with van der Waals surface area (Å²) in [4.78, 5) is 35.7. The number of carbonyl (C=O) groups excluding carboxylic acids is 2. The Morgan fingerprint density at radius 3 is 2.04 bits per heavy atom. The van der Waals surface area contributed by atoms with E-state index < -0.39 is 23.3 Å². The lowest BCUT2D eigenvalue weighted by molar-refractivity contribution is -0.138. The van der Waals surface area contributed by atoms with Crippen LogP contribution in [-0.4, -0.2) is 43.2 Å². The number of methoxy groups -OCH3 is 2. The zero-order valence-corrected chi connectivity index (χ0v) is 15.2. The van der Waals surface area contributed by atoms with E-state index in [9.17, 15) is 14.4 Å². The summed E-state index contributed by atoms with van der Waals surface area (Å²) < 4.78 is 10.4. The Labute approximate surface area is 146 Å². The molecular formula is C17H24N2O6. The Kier molecular flexibility index (Phi) is 6.38. The second-order valence-corrected chi connectivity index (χ2v) is 6.49. The second-order valence-electron chi connectivity index (χ2n) is 6.49. The van der Waals surface area contributed by atoms with Crippen LogP contribution in [0.2, 0.25) is 0 Å². The average molecular weight is 352 g/mol. The second kappa shape index (κ2) is 7.87. The molecule has 0 aliphatic rings. The molecule has 138 valence electrons. The monoisotopic (exact) mass is 352 g/mol. The van der Waals surface area contributed by atoms with E-state index in [2.05, 4.69) is 10.6 Å². The minimum atomic E-state index is -1.17. The maximum absolute atomic E-state index is 12.5. The molecule has 1 aromatic rings. The predicted octanol–water partition coefficient (Wildman–Crippen LogP) is 1.89. The van der Waals surface area contributed by atoms with Crippen molar-refractivity contribution in [3.8, 4) is 11.5 Å². The van der Waals surface area contributed by atoms with Crippen molar-refractivity contribution in [3.05, 3.63) is 17.7 Å². The van der Waals surface area contributed by atoms with Gasteiger partial charge in [0.2, 0.25) is 5.91 Å². The molecule has 3 N–H and O–H groups in total. The molecule has 8 heteroatoms. The van der Waals surface area contributed by atoms with Gasteiger partial charge < -0.3 is 25.2 Å². The van der Waals surface area contributed by atoms with Gasteiger partial charge in [0.15, 0.2) is 11.5 Å². The number of hydrogen-bond acceptors (Lipinski definition) is 5. The molecule has 1 aromatic carbocycles. The zero-order chi connectivity index (χ0) is 19.4. The molecule has 1 rings (SSSR count). The van der Waals surface area contributed by atoms with Gasteiger partial charge in [0.25, 0.3) is 5.91 Å². The first-order valence-electron chi connectivity index (χ1n) is 7.62. The Balaban J connectivity index is 3.34. The molecule has 25 heavy (non-hydrogen) atoms. The molecular weight excluding hydrogens is 328 g/mol. The topological polar surface area (TPSA) is 114 Å². The third-order valence-electron chi connectivity index (χ3n) is 3.42. The number of nitrogens with one attached hydrogen (secondary N) is 2. The Morgan fingerprint density at radius 1 is 1.08 bits per heavy atom. The molecule has 0 fully saturated rings. The normalized spacial score (nSPS) is 12.1. The summed E-state index contributed by atoms with van der Waals surface area (Å²) >= 11 is 0. The SMILES string of the molecule is COc1cc(NC(=O)C(C)(C)C)c(C(=O)N[C@@H](C)C(=O)O)cc1OC. The van der Waals surface area contributed by atoms with Crippen LogP contribution in [0.15, 0.2) is 12.1 Å². The number of benzene rings is 1. The van der Waals surface area contributed by atoms with Crippen molar-refractivity contribution in [2.45, 2.75) is 33.7 Å². The Bertz CT molecular complexity index is 678. The van der Waals surface area contributed by atoms with Crippen LogP contribution in [0.25, 0.3) is 0 Å². The molecule has 0 saturated carbocycles. The molecule has 0 aliphatic heterocycles.